The summed E-state index contributed by atoms with van der Waals surface area (Å²) in [6.45, 7) is 6.00. The Balaban J connectivity index is 1.61. The largest absolute Gasteiger partial charge is 0.481 e. The summed E-state index contributed by atoms with van der Waals surface area (Å²) in [7, 11) is 0. The van der Waals surface area contributed by atoms with E-state index >= 15 is 0 Å². The van der Waals surface area contributed by atoms with Gasteiger partial charge in [-0.15, -0.1) is 0 Å². The van der Waals surface area contributed by atoms with Crippen molar-refractivity contribution in [3.63, 3.8) is 0 Å². The topological polar surface area (TPSA) is 41.6 Å². The summed E-state index contributed by atoms with van der Waals surface area (Å²) in [5.74, 6) is 0.683. The highest BCUT2D eigenvalue weighted by atomic mass is 16.5. The normalized spacial score (nSPS) is 16.9. The Morgan fingerprint density at radius 1 is 1.30 bits per heavy atom. The first-order chi connectivity index (χ1) is 9.75. The molecule has 1 amide bonds. The monoisotopic (exact) mass is 276 g/mol. The van der Waals surface area contributed by atoms with E-state index in [1.807, 2.05) is 30.3 Å². The summed E-state index contributed by atoms with van der Waals surface area (Å²) in [6.07, 6.45) is 3.18. The number of carbonyl (C=O) groups excluding carboxylic acids is 1. The van der Waals surface area contributed by atoms with Crippen LogP contribution in [0.4, 0.5) is 0 Å². The fraction of sp³-hybridized carbons (Fsp3) is 0.562. The number of rotatable bonds is 7. The van der Waals surface area contributed by atoms with Crippen molar-refractivity contribution in [2.24, 2.45) is 0 Å². The molecule has 110 valence electrons. The first-order valence-electron chi connectivity index (χ1n) is 7.47. The first kappa shape index (κ1) is 14.9. The van der Waals surface area contributed by atoms with E-state index in [-0.39, 0.29) is 5.91 Å². The number of amides is 1. The standard InChI is InChI=1S/C16H24N2O2/c1-14(20-15-8-3-2-4-9-15)16(19)17-10-7-13-18-11-5-6-12-18/h2-4,8-9,14H,5-7,10-13H2,1H3,(H,17,19)/t14-/m1/s1. The first-order valence-corrected chi connectivity index (χ1v) is 7.47. The Morgan fingerprint density at radius 3 is 2.70 bits per heavy atom. The van der Waals surface area contributed by atoms with E-state index in [0.29, 0.717) is 0 Å². The molecule has 0 radical (unpaired) electrons. The number of nitrogens with zero attached hydrogens (tertiary/aromatic N) is 1. The minimum absolute atomic E-state index is 0.0460. The second kappa shape index (κ2) is 7.90. The molecule has 2 rings (SSSR count). The molecule has 0 aromatic heterocycles. The van der Waals surface area contributed by atoms with Crippen molar-refractivity contribution in [1.29, 1.82) is 0 Å². The zero-order valence-corrected chi connectivity index (χ0v) is 12.2. The van der Waals surface area contributed by atoms with Crippen LogP contribution in [0.25, 0.3) is 0 Å². The lowest BCUT2D eigenvalue weighted by atomic mass is 10.3. The number of likely N-dealkylation sites (tertiary alicyclic amines) is 1. The molecule has 1 aliphatic rings. The summed E-state index contributed by atoms with van der Waals surface area (Å²) < 4.78 is 5.58. The van der Waals surface area contributed by atoms with E-state index in [4.69, 9.17) is 4.74 Å². The van der Waals surface area contributed by atoms with Gasteiger partial charge in [-0.3, -0.25) is 4.79 Å². The van der Waals surface area contributed by atoms with E-state index in [1.54, 1.807) is 6.92 Å². The van der Waals surface area contributed by atoms with Gasteiger partial charge in [-0.1, -0.05) is 18.2 Å². The Labute approximate surface area is 121 Å². The molecular formula is C16H24N2O2. The fourth-order valence-electron chi connectivity index (χ4n) is 2.42. The Kier molecular flexibility index (Phi) is 5.87. The quantitative estimate of drug-likeness (QED) is 0.775. The van der Waals surface area contributed by atoms with Gasteiger partial charge in [-0.2, -0.15) is 0 Å². The third-order valence-electron chi connectivity index (χ3n) is 3.57. The number of hydrogen-bond donors (Lipinski definition) is 1. The Morgan fingerprint density at radius 2 is 2.00 bits per heavy atom. The van der Waals surface area contributed by atoms with E-state index in [9.17, 15) is 4.79 Å². The minimum Gasteiger partial charge on any atom is -0.481 e. The van der Waals surface area contributed by atoms with Gasteiger partial charge in [-0.25, -0.2) is 0 Å². The Hall–Kier alpha value is -1.55. The molecular weight excluding hydrogens is 252 g/mol. The fourth-order valence-corrected chi connectivity index (χ4v) is 2.42. The van der Waals surface area contributed by atoms with E-state index in [0.717, 1.165) is 25.3 Å². The third-order valence-corrected chi connectivity index (χ3v) is 3.57. The van der Waals surface area contributed by atoms with Crippen LogP contribution in [0.1, 0.15) is 26.2 Å². The maximum Gasteiger partial charge on any atom is 0.260 e. The molecule has 1 atom stereocenters. The lowest BCUT2D eigenvalue weighted by molar-refractivity contribution is -0.127. The highest BCUT2D eigenvalue weighted by Crippen LogP contribution is 2.10. The molecule has 4 heteroatoms. The van der Waals surface area contributed by atoms with Gasteiger partial charge in [0.05, 0.1) is 0 Å². The average Bonchev–Trinajstić information content (AvgIpc) is 2.97. The molecule has 0 aliphatic carbocycles. The number of ether oxygens (including phenoxy) is 1. The van der Waals surface area contributed by atoms with Crippen molar-refractivity contribution >= 4 is 5.91 Å². The SMILES string of the molecule is C[C@@H](Oc1ccccc1)C(=O)NCCCN1CCCC1. The maximum atomic E-state index is 11.9. The summed E-state index contributed by atoms with van der Waals surface area (Å²) >= 11 is 0. The van der Waals surface area contributed by atoms with Crippen molar-refractivity contribution in [3.8, 4) is 5.75 Å². The van der Waals surface area contributed by atoms with Gasteiger partial charge in [0.2, 0.25) is 0 Å². The molecule has 1 fully saturated rings. The van der Waals surface area contributed by atoms with Crippen LogP contribution in [-0.2, 0) is 4.79 Å². The van der Waals surface area contributed by atoms with Crippen molar-refractivity contribution in [3.05, 3.63) is 30.3 Å². The highest BCUT2D eigenvalue weighted by Gasteiger charge is 2.14. The number of carbonyl (C=O) groups is 1. The molecule has 20 heavy (non-hydrogen) atoms. The number of para-hydroxylation sites is 1. The molecule has 4 nitrogen and oxygen atoms in total. The van der Waals surface area contributed by atoms with Crippen molar-refractivity contribution in [2.45, 2.75) is 32.3 Å². The van der Waals surface area contributed by atoms with E-state index in [2.05, 4.69) is 10.2 Å². The van der Waals surface area contributed by atoms with Gasteiger partial charge < -0.3 is 15.0 Å². The molecule has 1 heterocycles. The molecule has 1 aromatic rings. The van der Waals surface area contributed by atoms with Crippen LogP contribution < -0.4 is 10.1 Å². The molecule has 1 aromatic carbocycles. The van der Waals surface area contributed by atoms with Crippen molar-refractivity contribution < 1.29 is 9.53 Å². The lowest BCUT2D eigenvalue weighted by Gasteiger charge is -2.16. The Bertz CT molecular complexity index is 402. The van der Waals surface area contributed by atoms with Gasteiger partial charge >= 0.3 is 0 Å². The molecule has 0 saturated carbocycles. The molecule has 1 aliphatic heterocycles. The van der Waals surface area contributed by atoms with Crippen LogP contribution in [0.15, 0.2) is 30.3 Å². The minimum atomic E-state index is -0.454. The number of hydrogen-bond acceptors (Lipinski definition) is 3. The van der Waals surface area contributed by atoms with Crippen molar-refractivity contribution in [2.75, 3.05) is 26.2 Å². The van der Waals surface area contributed by atoms with Crippen molar-refractivity contribution in [1.82, 2.24) is 10.2 Å². The van der Waals surface area contributed by atoms with Gasteiger partial charge in [-0.05, 0) is 58.0 Å². The van der Waals surface area contributed by atoms with Gasteiger partial charge in [0.1, 0.15) is 5.75 Å². The van der Waals surface area contributed by atoms with Crippen LogP contribution in [0.3, 0.4) is 0 Å². The average molecular weight is 276 g/mol. The molecule has 0 spiro atoms. The van der Waals surface area contributed by atoms with Crippen LogP contribution in [0.2, 0.25) is 0 Å². The van der Waals surface area contributed by atoms with Crippen LogP contribution in [0, 0.1) is 0 Å². The smallest absolute Gasteiger partial charge is 0.260 e. The lowest BCUT2D eigenvalue weighted by Crippen LogP contribution is -2.37. The zero-order valence-electron chi connectivity index (χ0n) is 12.2. The number of benzene rings is 1. The zero-order chi connectivity index (χ0) is 14.2. The summed E-state index contributed by atoms with van der Waals surface area (Å²) in [6, 6.07) is 9.44. The van der Waals surface area contributed by atoms with Gasteiger partial charge in [0.15, 0.2) is 6.10 Å². The van der Waals surface area contributed by atoms with Gasteiger partial charge in [0, 0.05) is 6.54 Å². The summed E-state index contributed by atoms with van der Waals surface area (Å²) in [5.41, 5.74) is 0. The second-order valence-electron chi connectivity index (χ2n) is 5.27. The molecule has 1 N–H and O–H groups in total. The predicted octanol–water partition coefficient (Wildman–Crippen LogP) is 2.06. The van der Waals surface area contributed by atoms with E-state index < -0.39 is 6.10 Å². The summed E-state index contributed by atoms with van der Waals surface area (Å²) in [5, 5.41) is 2.94. The van der Waals surface area contributed by atoms with Crippen LogP contribution in [0.5, 0.6) is 5.75 Å². The maximum absolute atomic E-state index is 11.9. The second-order valence-corrected chi connectivity index (χ2v) is 5.27. The van der Waals surface area contributed by atoms with Crippen LogP contribution >= 0.6 is 0 Å². The predicted molar refractivity (Wildman–Crippen MR) is 79.8 cm³/mol. The highest BCUT2D eigenvalue weighted by molar-refractivity contribution is 5.80. The van der Waals surface area contributed by atoms with Gasteiger partial charge in [0.25, 0.3) is 5.91 Å². The molecule has 1 saturated heterocycles. The molecule has 0 unspecified atom stereocenters. The summed E-state index contributed by atoms with van der Waals surface area (Å²) in [4.78, 5) is 14.3. The van der Waals surface area contributed by atoms with E-state index in [1.165, 1.54) is 25.9 Å². The number of nitrogens with one attached hydrogen (secondary N) is 1. The van der Waals surface area contributed by atoms with Crippen LogP contribution in [-0.4, -0.2) is 43.1 Å². The molecule has 0 bridgehead atoms. The third kappa shape index (κ3) is 4.85.